The Hall–Kier alpha value is -1.71. The molecule has 0 radical (unpaired) electrons. The van der Waals surface area contributed by atoms with Gasteiger partial charge < -0.3 is 14.6 Å². The quantitative estimate of drug-likeness (QED) is 0.831. The molecule has 4 heteroatoms. The molecule has 0 heterocycles. The van der Waals surface area contributed by atoms with Crippen molar-refractivity contribution >= 4 is 11.6 Å². The Morgan fingerprint density at radius 3 is 2.48 bits per heavy atom. The van der Waals surface area contributed by atoms with Gasteiger partial charge in [0.05, 0.1) is 6.61 Å². The summed E-state index contributed by atoms with van der Waals surface area (Å²) in [5, 5.41) is 10.9. The van der Waals surface area contributed by atoms with Gasteiger partial charge in [-0.15, -0.1) is 0 Å². The summed E-state index contributed by atoms with van der Waals surface area (Å²) >= 11 is 5.82. The van der Waals surface area contributed by atoms with Crippen LogP contribution in [-0.4, -0.2) is 18.3 Å². The standard InChI is InChI=1S/C17H19ClO3/c1-2-11-20-17-6-4-3-5-15(17)16(19)12-21-14-9-7-13(18)8-10-14/h3-10,16,19H,2,11-12H2,1H3. The second-order valence-corrected chi connectivity index (χ2v) is 5.10. The highest BCUT2D eigenvalue weighted by molar-refractivity contribution is 6.30. The molecular weight excluding hydrogens is 288 g/mol. The van der Waals surface area contributed by atoms with Gasteiger partial charge in [0.2, 0.25) is 0 Å². The number of aliphatic hydroxyl groups excluding tert-OH is 1. The molecule has 0 amide bonds. The van der Waals surface area contributed by atoms with Crippen LogP contribution in [0.5, 0.6) is 11.5 Å². The van der Waals surface area contributed by atoms with E-state index in [1.54, 1.807) is 24.3 Å². The Labute approximate surface area is 130 Å². The zero-order valence-electron chi connectivity index (χ0n) is 12.0. The third kappa shape index (κ3) is 4.66. The fourth-order valence-corrected chi connectivity index (χ4v) is 2.02. The summed E-state index contributed by atoms with van der Waals surface area (Å²) in [7, 11) is 0. The van der Waals surface area contributed by atoms with Crippen molar-refractivity contribution in [2.24, 2.45) is 0 Å². The van der Waals surface area contributed by atoms with Crippen LogP contribution in [0.4, 0.5) is 0 Å². The summed E-state index contributed by atoms with van der Waals surface area (Å²) in [6, 6.07) is 14.5. The molecule has 1 atom stereocenters. The van der Waals surface area contributed by atoms with E-state index in [-0.39, 0.29) is 6.61 Å². The van der Waals surface area contributed by atoms with Crippen LogP contribution in [0.1, 0.15) is 25.0 Å². The fourth-order valence-electron chi connectivity index (χ4n) is 1.90. The van der Waals surface area contributed by atoms with E-state index in [1.165, 1.54) is 0 Å². The monoisotopic (exact) mass is 306 g/mol. The average Bonchev–Trinajstić information content (AvgIpc) is 2.52. The summed E-state index contributed by atoms with van der Waals surface area (Å²) in [5.74, 6) is 1.37. The Balaban J connectivity index is 1.99. The second-order valence-electron chi connectivity index (χ2n) is 4.67. The van der Waals surface area contributed by atoms with Crippen LogP contribution in [0.3, 0.4) is 0 Å². The number of rotatable bonds is 7. The highest BCUT2D eigenvalue weighted by Crippen LogP contribution is 2.26. The van der Waals surface area contributed by atoms with Crippen LogP contribution >= 0.6 is 11.6 Å². The van der Waals surface area contributed by atoms with Crippen molar-refractivity contribution < 1.29 is 14.6 Å². The lowest BCUT2D eigenvalue weighted by Crippen LogP contribution is -2.11. The SMILES string of the molecule is CCCOc1ccccc1C(O)COc1ccc(Cl)cc1. The predicted molar refractivity (Wildman–Crippen MR) is 84.1 cm³/mol. The normalized spacial score (nSPS) is 12.0. The summed E-state index contributed by atoms with van der Waals surface area (Å²) in [6.07, 6.45) is 0.180. The Morgan fingerprint density at radius 2 is 1.76 bits per heavy atom. The highest BCUT2D eigenvalue weighted by Gasteiger charge is 2.14. The molecule has 21 heavy (non-hydrogen) atoms. The van der Waals surface area contributed by atoms with E-state index in [2.05, 4.69) is 0 Å². The molecule has 0 aromatic heterocycles. The molecule has 2 aromatic rings. The number of aliphatic hydroxyl groups is 1. The van der Waals surface area contributed by atoms with Crippen LogP contribution in [0.15, 0.2) is 48.5 Å². The maximum absolute atomic E-state index is 10.3. The van der Waals surface area contributed by atoms with E-state index in [4.69, 9.17) is 21.1 Å². The third-order valence-electron chi connectivity index (χ3n) is 2.96. The summed E-state index contributed by atoms with van der Waals surface area (Å²) in [4.78, 5) is 0. The lowest BCUT2D eigenvalue weighted by molar-refractivity contribution is 0.105. The molecule has 2 aromatic carbocycles. The number of benzene rings is 2. The van der Waals surface area contributed by atoms with Gasteiger partial charge in [-0.05, 0) is 36.8 Å². The Bertz CT molecular complexity index is 554. The van der Waals surface area contributed by atoms with Gasteiger partial charge in [-0.1, -0.05) is 36.7 Å². The number of halogens is 1. The van der Waals surface area contributed by atoms with Gasteiger partial charge in [0.15, 0.2) is 0 Å². The van der Waals surface area contributed by atoms with Gasteiger partial charge in [0.25, 0.3) is 0 Å². The molecule has 0 aliphatic carbocycles. The van der Waals surface area contributed by atoms with Gasteiger partial charge in [0.1, 0.15) is 24.2 Å². The van der Waals surface area contributed by atoms with Crippen molar-refractivity contribution in [3.8, 4) is 11.5 Å². The lowest BCUT2D eigenvalue weighted by Gasteiger charge is -2.16. The van der Waals surface area contributed by atoms with Gasteiger partial charge in [0, 0.05) is 10.6 Å². The minimum atomic E-state index is -0.742. The summed E-state index contributed by atoms with van der Waals surface area (Å²) in [5.41, 5.74) is 0.736. The van der Waals surface area contributed by atoms with Crippen molar-refractivity contribution in [3.05, 3.63) is 59.1 Å². The molecular formula is C17H19ClO3. The molecule has 0 fully saturated rings. The van der Waals surface area contributed by atoms with Crippen LogP contribution in [0, 0.1) is 0 Å². The highest BCUT2D eigenvalue weighted by atomic mass is 35.5. The molecule has 0 aliphatic heterocycles. The van der Waals surface area contributed by atoms with Gasteiger partial charge >= 0.3 is 0 Å². The minimum Gasteiger partial charge on any atom is -0.493 e. The zero-order chi connectivity index (χ0) is 15.1. The van der Waals surface area contributed by atoms with Crippen molar-refractivity contribution in [3.63, 3.8) is 0 Å². The molecule has 0 bridgehead atoms. The molecule has 3 nitrogen and oxygen atoms in total. The summed E-state index contributed by atoms with van der Waals surface area (Å²) in [6.45, 7) is 2.83. The maximum Gasteiger partial charge on any atom is 0.125 e. The van der Waals surface area contributed by atoms with Crippen molar-refractivity contribution in [2.75, 3.05) is 13.2 Å². The third-order valence-corrected chi connectivity index (χ3v) is 3.21. The molecule has 1 N–H and O–H groups in total. The Kier molecular flexibility index (Phi) is 5.90. The molecule has 0 saturated heterocycles. The lowest BCUT2D eigenvalue weighted by atomic mass is 10.1. The van der Waals surface area contributed by atoms with E-state index >= 15 is 0 Å². The van der Waals surface area contributed by atoms with Crippen LogP contribution in [-0.2, 0) is 0 Å². The predicted octanol–water partition coefficient (Wildman–Crippen LogP) is 4.24. The largest absolute Gasteiger partial charge is 0.493 e. The first kappa shape index (κ1) is 15.7. The van der Waals surface area contributed by atoms with Crippen molar-refractivity contribution in [2.45, 2.75) is 19.4 Å². The van der Waals surface area contributed by atoms with Gasteiger partial charge in [-0.2, -0.15) is 0 Å². The van der Waals surface area contributed by atoms with Gasteiger partial charge in [-0.3, -0.25) is 0 Å². The van der Waals surface area contributed by atoms with Crippen LogP contribution in [0.25, 0.3) is 0 Å². The summed E-state index contributed by atoms with van der Waals surface area (Å²) < 4.78 is 11.2. The smallest absolute Gasteiger partial charge is 0.125 e. The minimum absolute atomic E-state index is 0.161. The van der Waals surface area contributed by atoms with E-state index < -0.39 is 6.10 Å². The van der Waals surface area contributed by atoms with E-state index in [0.29, 0.717) is 23.1 Å². The van der Waals surface area contributed by atoms with E-state index in [0.717, 1.165) is 12.0 Å². The van der Waals surface area contributed by atoms with Gasteiger partial charge in [-0.25, -0.2) is 0 Å². The van der Waals surface area contributed by atoms with E-state index in [1.807, 2.05) is 31.2 Å². The first-order chi connectivity index (χ1) is 10.2. The fraction of sp³-hybridized carbons (Fsp3) is 0.294. The number of ether oxygens (including phenoxy) is 2. The van der Waals surface area contributed by atoms with Crippen molar-refractivity contribution in [1.29, 1.82) is 0 Å². The Morgan fingerprint density at radius 1 is 1.05 bits per heavy atom. The van der Waals surface area contributed by atoms with Crippen LogP contribution < -0.4 is 9.47 Å². The number of para-hydroxylation sites is 1. The number of hydrogen-bond donors (Lipinski definition) is 1. The molecule has 112 valence electrons. The average molecular weight is 307 g/mol. The first-order valence-electron chi connectivity index (χ1n) is 6.99. The first-order valence-corrected chi connectivity index (χ1v) is 7.36. The second kappa shape index (κ2) is 7.91. The number of hydrogen-bond acceptors (Lipinski definition) is 3. The molecule has 2 rings (SSSR count). The van der Waals surface area contributed by atoms with Crippen LogP contribution in [0.2, 0.25) is 5.02 Å². The zero-order valence-corrected chi connectivity index (χ0v) is 12.7. The maximum atomic E-state index is 10.3. The topological polar surface area (TPSA) is 38.7 Å². The molecule has 1 unspecified atom stereocenters. The molecule has 0 spiro atoms. The van der Waals surface area contributed by atoms with E-state index in [9.17, 15) is 5.11 Å². The molecule has 0 saturated carbocycles. The molecule has 0 aliphatic rings. The van der Waals surface area contributed by atoms with Crippen molar-refractivity contribution in [1.82, 2.24) is 0 Å².